The monoisotopic (exact) mass is 315 g/mol. The quantitative estimate of drug-likeness (QED) is 0.855. The smallest absolute Gasteiger partial charge is 0.317 e. The largest absolute Gasteiger partial charge is 0.481 e. The number of amides is 2. The maximum Gasteiger partial charge on any atom is 0.317 e. The Bertz CT molecular complexity index is 453. The number of hydrogen-bond acceptors (Lipinski definition) is 5. The van der Waals surface area contributed by atoms with Gasteiger partial charge in [0.1, 0.15) is 0 Å². The van der Waals surface area contributed by atoms with E-state index in [0.29, 0.717) is 25.3 Å². The third-order valence-corrected chi connectivity index (χ3v) is 4.93. The lowest BCUT2D eigenvalue weighted by Crippen LogP contribution is -2.51. The van der Waals surface area contributed by atoms with E-state index >= 15 is 0 Å². The summed E-state index contributed by atoms with van der Waals surface area (Å²) in [4.78, 5) is 28.7. The van der Waals surface area contributed by atoms with Crippen LogP contribution in [0.1, 0.15) is 11.4 Å². The van der Waals surface area contributed by atoms with Crippen LogP contribution in [0, 0.1) is 0 Å². The Morgan fingerprint density at radius 1 is 1.55 bits per heavy atom. The summed E-state index contributed by atoms with van der Waals surface area (Å²) in [6.45, 7) is 1.13. The van der Waals surface area contributed by atoms with Gasteiger partial charge >= 0.3 is 12.0 Å². The normalized spacial score (nSPS) is 18.8. The number of aliphatic carboxylic acids is 1. The first-order valence-electron chi connectivity index (χ1n) is 6.39. The van der Waals surface area contributed by atoms with Crippen molar-refractivity contribution >= 4 is 35.1 Å². The third-order valence-electron chi connectivity index (χ3n) is 3.00. The molecule has 110 valence electrons. The Morgan fingerprint density at radius 3 is 3.10 bits per heavy atom. The molecule has 20 heavy (non-hydrogen) atoms. The van der Waals surface area contributed by atoms with Crippen molar-refractivity contribution in [3.05, 3.63) is 16.6 Å². The Kier molecular flexibility index (Phi) is 5.66. The van der Waals surface area contributed by atoms with E-state index in [1.807, 2.05) is 5.38 Å². The molecule has 1 atom stereocenters. The van der Waals surface area contributed by atoms with Crippen molar-refractivity contribution in [2.45, 2.75) is 18.9 Å². The van der Waals surface area contributed by atoms with Gasteiger partial charge in [-0.2, -0.15) is 11.8 Å². The number of hydrogen-bond donors (Lipinski definition) is 2. The summed E-state index contributed by atoms with van der Waals surface area (Å²) in [5.74, 6) is 0.681. The topological polar surface area (TPSA) is 82.5 Å². The number of nitrogens with one attached hydrogen (secondary N) is 1. The molecule has 2 heterocycles. The predicted octanol–water partition coefficient (Wildman–Crippen LogP) is 1.29. The summed E-state index contributed by atoms with van der Waals surface area (Å²) < 4.78 is 0. The Balaban J connectivity index is 1.81. The van der Waals surface area contributed by atoms with Gasteiger partial charge in [-0.3, -0.25) is 4.79 Å². The number of thioether (sulfide) groups is 1. The molecule has 0 aromatic carbocycles. The Morgan fingerprint density at radius 2 is 2.40 bits per heavy atom. The van der Waals surface area contributed by atoms with Crippen molar-refractivity contribution in [1.29, 1.82) is 0 Å². The minimum atomic E-state index is -0.863. The lowest BCUT2D eigenvalue weighted by molar-refractivity contribution is -0.137. The molecule has 1 aromatic heterocycles. The fourth-order valence-electron chi connectivity index (χ4n) is 2.05. The van der Waals surface area contributed by atoms with Gasteiger partial charge in [0.2, 0.25) is 0 Å². The molecule has 1 aromatic rings. The van der Waals surface area contributed by atoms with Crippen molar-refractivity contribution in [1.82, 2.24) is 15.2 Å². The van der Waals surface area contributed by atoms with E-state index in [9.17, 15) is 9.59 Å². The zero-order valence-corrected chi connectivity index (χ0v) is 12.6. The van der Waals surface area contributed by atoms with Crippen LogP contribution in [0.2, 0.25) is 0 Å². The maximum absolute atomic E-state index is 12.1. The van der Waals surface area contributed by atoms with E-state index in [1.54, 1.807) is 34.2 Å². The van der Waals surface area contributed by atoms with Crippen LogP contribution in [0.5, 0.6) is 0 Å². The van der Waals surface area contributed by atoms with Crippen LogP contribution in [-0.4, -0.2) is 57.6 Å². The Labute approximate surface area is 125 Å². The van der Waals surface area contributed by atoms with Gasteiger partial charge in [-0.05, 0) is 0 Å². The van der Waals surface area contributed by atoms with Crippen LogP contribution >= 0.6 is 23.1 Å². The summed E-state index contributed by atoms with van der Waals surface area (Å²) in [6, 6.07) is -0.390. The van der Waals surface area contributed by atoms with Gasteiger partial charge in [0, 0.05) is 42.6 Å². The molecular weight excluding hydrogens is 298 g/mol. The van der Waals surface area contributed by atoms with Crippen molar-refractivity contribution in [2.75, 3.05) is 24.6 Å². The number of nitrogens with zero attached hydrogens (tertiary/aromatic N) is 2. The van der Waals surface area contributed by atoms with Gasteiger partial charge in [-0.25, -0.2) is 9.78 Å². The average Bonchev–Trinajstić information content (AvgIpc) is 2.91. The number of carbonyl (C=O) groups is 2. The molecular formula is C12H17N3O3S2. The highest BCUT2D eigenvalue weighted by atomic mass is 32.2. The lowest BCUT2D eigenvalue weighted by Gasteiger charge is -2.34. The third kappa shape index (κ3) is 4.38. The minimum absolute atomic E-state index is 0.00685. The molecule has 8 heteroatoms. The lowest BCUT2D eigenvalue weighted by atomic mass is 10.2. The summed E-state index contributed by atoms with van der Waals surface area (Å²) in [5, 5.41) is 14.6. The summed E-state index contributed by atoms with van der Waals surface area (Å²) in [7, 11) is 0. The molecule has 1 fully saturated rings. The first-order chi connectivity index (χ1) is 9.66. The number of urea groups is 1. The molecule has 2 amide bonds. The molecule has 2 rings (SSSR count). The molecule has 1 aliphatic rings. The second-order valence-electron chi connectivity index (χ2n) is 4.43. The van der Waals surface area contributed by atoms with Gasteiger partial charge in [0.05, 0.1) is 17.5 Å². The second-order valence-corrected chi connectivity index (χ2v) is 6.56. The molecule has 1 aliphatic heterocycles. The maximum atomic E-state index is 12.1. The van der Waals surface area contributed by atoms with E-state index in [0.717, 1.165) is 10.8 Å². The molecule has 2 N–H and O–H groups in total. The van der Waals surface area contributed by atoms with Crippen LogP contribution in [-0.2, 0) is 11.2 Å². The molecule has 0 saturated carbocycles. The molecule has 6 nitrogen and oxygen atoms in total. The van der Waals surface area contributed by atoms with Gasteiger partial charge in [-0.15, -0.1) is 11.3 Å². The van der Waals surface area contributed by atoms with Crippen LogP contribution in [0.3, 0.4) is 0 Å². The fraction of sp³-hybridized carbons (Fsp3) is 0.583. The van der Waals surface area contributed by atoms with E-state index in [4.69, 9.17) is 5.11 Å². The van der Waals surface area contributed by atoms with Crippen LogP contribution in [0.25, 0.3) is 0 Å². The highest BCUT2D eigenvalue weighted by Crippen LogP contribution is 2.19. The highest BCUT2D eigenvalue weighted by molar-refractivity contribution is 7.99. The first kappa shape index (κ1) is 15.1. The van der Waals surface area contributed by atoms with E-state index < -0.39 is 5.97 Å². The number of carboxylic acids is 1. The zero-order valence-electron chi connectivity index (χ0n) is 10.9. The summed E-state index contributed by atoms with van der Waals surface area (Å²) in [6.07, 6.45) is 2.45. The molecule has 0 aliphatic carbocycles. The van der Waals surface area contributed by atoms with Crippen molar-refractivity contribution in [3.8, 4) is 0 Å². The van der Waals surface area contributed by atoms with Crippen molar-refractivity contribution < 1.29 is 14.7 Å². The Hall–Kier alpha value is -1.28. The molecule has 0 spiro atoms. The van der Waals surface area contributed by atoms with E-state index in [1.165, 1.54) is 0 Å². The van der Waals surface area contributed by atoms with Gasteiger partial charge in [-0.1, -0.05) is 0 Å². The second kappa shape index (κ2) is 7.49. The zero-order chi connectivity index (χ0) is 14.4. The SMILES string of the molecule is O=C(O)CC1CSCCN1C(=O)NCCc1nccs1. The first-order valence-corrected chi connectivity index (χ1v) is 8.42. The van der Waals surface area contributed by atoms with Crippen molar-refractivity contribution in [2.24, 2.45) is 0 Å². The minimum Gasteiger partial charge on any atom is -0.481 e. The molecule has 1 saturated heterocycles. The van der Waals surface area contributed by atoms with Gasteiger partial charge in [0.25, 0.3) is 0 Å². The number of thiazole rings is 1. The average molecular weight is 315 g/mol. The summed E-state index contributed by atoms with van der Waals surface area (Å²) in [5.41, 5.74) is 0. The van der Waals surface area contributed by atoms with Gasteiger partial charge in [0.15, 0.2) is 0 Å². The standard InChI is InChI=1S/C12H17N3O3S2/c16-11(17)7-9-8-19-6-4-15(9)12(18)14-2-1-10-13-3-5-20-10/h3,5,9H,1-2,4,6-8H2,(H,14,18)(H,16,17). The number of rotatable bonds is 5. The number of aromatic nitrogens is 1. The molecule has 1 unspecified atom stereocenters. The summed E-state index contributed by atoms with van der Waals surface area (Å²) >= 11 is 3.26. The van der Waals surface area contributed by atoms with E-state index in [-0.39, 0.29) is 18.5 Å². The number of carboxylic acid groups (broad SMARTS) is 1. The molecule has 0 bridgehead atoms. The van der Waals surface area contributed by atoms with Crippen LogP contribution < -0.4 is 5.32 Å². The number of carbonyl (C=O) groups excluding carboxylic acids is 1. The van der Waals surface area contributed by atoms with Crippen LogP contribution in [0.4, 0.5) is 4.79 Å². The van der Waals surface area contributed by atoms with E-state index in [2.05, 4.69) is 10.3 Å². The van der Waals surface area contributed by atoms with Gasteiger partial charge < -0.3 is 15.3 Å². The van der Waals surface area contributed by atoms with Crippen molar-refractivity contribution in [3.63, 3.8) is 0 Å². The predicted molar refractivity (Wildman–Crippen MR) is 79.3 cm³/mol. The van der Waals surface area contributed by atoms with Crippen LogP contribution in [0.15, 0.2) is 11.6 Å². The fourth-order valence-corrected chi connectivity index (χ4v) is 3.73. The molecule has 0 radical (unpaired) electrons. The highest BCUT2D eigenvalue weighted by Gasteiger charge is 2.28.